The number of piperidine rings is 1. The highest BCUT2D eigenvalue weighted by Crippen LogP contribution is 2.24. The maximum absolute atomic E-state index is 12.0. The van der Waals surface area contributed by atoms with Crippen LogP contribution in [0, 0.1) is 0 Å². The van der Waals surface area contributed by atoms with Crippen molar-refractivity contribution in [2.45, 2.75) is 51.7 Å². The van der Waals surface area contributed by atoms with Crippen LogP contribution in [0.1, 0.15) is 33.6 Å². The number of para-hydroxylation sites is 1. The lowest BCUT2D eigenvalue weighted by atomic mass is 9.97. The van der Waals surface area contributed by atoms with Crippen molar-refractivity contribution in [2.24, 2.45) is 0 Å². The van der Waals surface area contributed by atoms with Crippen LogP contribution < -0.4 is 5.43 Å². The van der Waals surface area contributed by atoms with E-state index >= 15 is 0 Å². The molecule has 1 saturated heterocycles. The molecule has 0 unspecified atom stereocenters. The van der Waals surface area contributed by atoms with Gasteiger partial charge in [0.2, 0.25) is 0 Å². The van der Waals surface area contributed by atoms with Crippen LogP contribution in [0.3, 0.4) is 0 Å². The Morgan fingerprint density at radius 1 is 1.15 bits per heavy atom. The third kappa shape index (κ3) is 4.33. The van der Waals surface area contributed by atoms with E-state index < -0.39 is 6.09 Å². The molecule has 1 N–H and O–H groups in total. The number of hydrogen-bond donors (Lipinski definition) is 1. The van der Waals surface area contributed by atoms with E-state index in [2.05, 4.69) is 9.47 Å². The first-order chi connectivity index (χ1) is 12.8. The molecule has 2 heterocycles. The van der Waals surface area contributed by atoms with Crippen LogP contribution in [0.5, 0.6) is 0 Å². The number of rotatable bonds is 4. The van der Waals surface area contributed by atoms with Gasteiger partial charge >= 0.3 is 6.09 Å². The minimum Gasteiger partial charge on any atom is -0.465 e. The maximum atomic E-state index is 12.0. The summed E-state index contributed by atoms with van der Waals surface area (Å²) in [5.74, 6) is 0. The summed E-state index contributed by atoms with van der Waals surface area (Å²) in [7, 11) is 0. The van der Waals surface area contributed by atoms with Gasteiger partial charge in [0.05, 0.1) is 5.52 Å². The molecule has 0 saturated carbocycles. The van der Waals surface area contributed by atoms with E-state index in [0.717, 1.165) is 49.9 Å². The van der Waals surface area contributed by atoms with Gasteiger partial charge < -0.3 is 19.5 Å². The molecule has 6 nitrogen and oxygen atoms in total. The number of likely N-dealkylation sites (tertiary alicyclic amines) is 1. The minimum absolute atomic E-state index is 0.0543. The molecule has 1 aliphatic rings. The average Bonchev–Trinajstić information content (AvgIpc) is 2.61. The number of aromatic nitrogens is 1. The fourth-order valence-corrected chi connectivity index (χ4v) is 4.10. The minimum atomic E-state index is -0.833. The van der Waals surface area contributed by atoms with Crippen molar-refractivity contribution in [2.75, 3.05) is 19.6 Å². The van der Waals surface area contributed by atoms with E-state index in [9.17, 15) is 14.7 Å². The molecule has 1 aliphatic heterocycles. The molecule has 0 spiro atoms. The molecule has 0 aliphatic carbocycles. The molecule has 0 atom stereocenters. The standard InChI is InChI=1S/C21H29N3O3/c1-21(2,3)24(20(26)27)16-8-11-22(12-9-16)14-15-23-13-10-19(25)17-6-4-5-7-18(17)23/h4-7,10,13,16H,8-9,11-12,14-15H2,1-3H3,(H,26,27). The Bertz CT molecular complexity index is 861. The van der Waals surface area contributed by atoms with Gasteiger partial charge in [-0.05, 0) is 45.7 Å². The normalized spacial score (nSPS) is 16.6. The third-order valence-electron chi connectivity index (χ3n) is 5.39. The zero-order valence-electron chi connectivity index (χ0n) is 16.4. The summed E-state index contributed by atoms with van der Waals surface area (Å²) in [5, 5.41) is 10.3. The lowest BCUT2D eigenvalue weighted by molar-refractivity contribution is 0.0417. The molecule has 1 aromatic heterocycles. The monoisotopic (exact) mass is 371 g/mol. The first kappa shape index (κ1) is 19.4. The highest BCUT2D eigenvalue weighted by atomic mass is 16.4. The van der Waals surface area contributed by atoms with E-state index in [1.54, 1.807) is 11.0 Å². The Kier molecular flexibility index (Phi) is 5.56. The summed E-state index contributed by atoms with van der Waals surface area (Å²) in [5.41, 5.74) is 0.635. The summed E-state index contributed by atoms with van der Waals surface area (Å²) in [6.07, 6.45) is 2.74. The van der Waals surface area contributed by atoms with Gasteiger partial charge in [-0.2, -0.15) is 0 Å². The van der Waals surface area contributed by atoms with Gasteiger partial charge in [0.15, 0.2) is 5.43 Å². The van der Waals surface area contributed by atoms with Crippen LogP contribution in [-0.2, 0) is 6.54 Å². The Balaban J connectivity index is 1.62. The number of amides is 1. The molecule has 2 aromatic rings. The van der Waals surface area contributed by atoms with E-state index in [-0.39, 0.29) is 17.0 Å². The van der Waals surface area contributed by atoms with Crippen molar-refractivity contribution in [1.29, 1.82) is 0 Å². The van der Waals surface area contributed by atoms with Crippen molar-refractivity contribution < 1.29 is 9.90 Å². The molecular weight excluding hydrogens is 342 g/mol. The van der Waals surface area contributed by atoms with Gasteiger partial charge in [0.25, 0.3) is 0 Å². The number of carbonyl (C=O) groups is 1. The van der Waals surface area contributed by atoms with E-state index in [0.29, 0.717) is 0 Å². The van der Waals surface area contributed by atoms with Crippen LogP contribution in [0.4, 0.5) is 4.79 Å². The van der Waals surface area contributed by atoms with Crippen molar-refractivity contribution >= 4 is 17.0 Å². The Morgan fingerprint density at radius 2 is 1.81 bits per heavy atom. The number of benzene rings is 1. The predicted octanol–water partition coefficient (Wildman–Crippen LogP) is 3.24. The second-order valence-corrected chi connectivity index (χ2v) is 8.29. The number of nitrogens with zero attached hydrogens (tertiary/aromatic N) is 3. The summed E-state index contributed by atoms with van der Waals surface area (Å²) >= 11 is 0. The highest BCUT2D eigenvalue weighted by molar-refractivity contribution is 5.78. The van der Waals surface area contributed by atoms with Gasteiger partial charge in [-0.25, -0.2) is 4.79 Å². The second kappa shape index (κ2) is 7.72. The number of pyridine rings is 1. The summed E-state index contributed by atoms with van der Waals surface area (Å²) < 4.78 is 2.13. The molecule has 3 rings (SSSR count). The van der Waals surface area contributed by atoms with E-state index in [4.69, 9.17) is 0 Å². The third-order valence-corrected chi connectivity index (χ3v) is 5.39. The van der Waals surface area contributed by atoms with Gasteiger partial charge in [0, 0.05) is 55.4 Å². The topological polar surface area (TPSA) is 65.8 Å². The summed E-state index contributed by atoms with van der Waals surface area (Å²) in [6, 6.07) is 9.40. The largest absolute Gasteiger partial charge is 0.465 e. The Hall–Kier alpha value is -2.34. The first-order valence-electron chi connectivity index (χ1n) is 9.60. The van der Waals surface area contributed by atoms with E-state index in [1.165, 1.54) is 0 Å². The molecule has 1 fully saturated rings. The average molecular weight is 371 g/mol. The van der Waals surface area contributed by atoms with Crippen molar-refractivity contribution in [3.05, 3.63) is 46.8 Å². The summed E-state index contributed by atoms with van der Waals surface area (Å²) in [6.45, 7) is 9.35. The van der Waals surface area contributed by atoms with Crippen LogP contribution in [0.2, 0.25) is 0 Å². The van der Waals surface area contributed by atoms with Crippen molar-refractivity contribution in [3.63, 3.8) is 0 Å². The molecule has 6 heteroatoms. The molecule has 1 amide bonds. The van der Waals surface area contributed by atoms with Crippen molar-refractivity contribution in [3.8, 4) is 0 Å². The highest BCUT2D eigenvalue weighted by Gasteiger charge is 2.34. The zero-order chi connectivity index (χ0) is 19.6. The molecule has 0 bridgehead atoms. The maximum Gasteiger partial charge on any atom is 0.407 e. The van der Waals surface area contributed by atoms with Crippen molar-refractivity contribution in [1.82, 2.24) is 14.4 Å². The second-order valence-electron chi connectivity index (χ2n) is 8.29. The number of hydrogen-bond acceptors (Lipinski definition) is 3. The lowest BCUT2D eigenvalue weighted by Crippen LogP contribution is -2.54. The summed E-state index contributed by atoms with van der Waals surface area (Å²) in [4.78, 5) is 27.7. The molecule has 146 valence electrons. The van der Waals surface area contributed by atoms with E-state index in [1.807, 2.05) is 51.2 Å². The van der Waals surface area contributed by atoms with Crippen LogP contribution in [-0.4, -0.2) is 56.8 Å². The van der Waals surface area contributed by atoms with Crippen LogP contribution >= 0.6 is 0 Å². The fraction of sp³-hybridized carbons (Fsp3) is 0.524. The zero-order valence-corrected chi connectivity index (χ0v) is 16.4. The molecule has 1 aromatic carbocycles. The van der Waals surface area contributed by atoms with Gasteiger partial charge in [-0.1, -0.05) is 12.1 Å². The Morgan fingerprint density at radius 3 is 2.44 bits per heavy atom. The Labute approximate surface area is 160 Å². The SMILES string of the molecule is CC(C)(C)N(C(=O)O)C1CCN(CCn2ccc(=O)c3ccccc32)CC1. The molecule has 0 radical (unpaired) electrons. The van der Waals surface area contributed by atoms with Gasteiger partial charge in [-0.3, -0.25) is 4.79 Å². The molecular formula is C21H29N3O3. The fourth-order valence-electron chi connectivity index (χ4n) is 4.10. The molecule has 27 heavy (non-hydrogen) atoms. The van der Waals surface area contributed by atoms with Crippen LogP contribution in [0.15, 0.2) is 41.3 Å². The van der Waals surface area contributed by atoms with Gasteiger partial charge in [0.1, 0.15) is 0 Å². The number of fused-ring (bicyclic) bond motifs is 1. The quantitative estimate of drug-likeness (QED) is 0.896. The smallest absolute Gasteiger partial charge is 0.407 e. The number of carboxylic acid groups (broad SMARTS) is 1. The van der Waals surface area contributed by atoms with Crippen LogP contribution in [0.25, 0.3) is 10.9 Å². The lowest BCUT2D eigenvalue weighted by Gasteiger charge is -2.43. The predicted molar refractivity (Wildman–Crippen MR) is 107 cm³/mol. The van der Waals surface area contributed by atoms with Gasteiger partial charge in [-0.15, -0.1) is 0 Å². The first-order valence-corrected chi connectivity index (χ1v) is 9.60.